The first kappa shape index (κ1) is 13.3. The van der Waals surface area contributed by atoms with Gasteiger partial charge in [0.25, 0.3) is 0 Å². The summed E-state index contributed by atoms with van der Waals surface area (Å²) < 4.78 is 27.4. The summed E-state index contributed by atoms with van der Waals surface area (Å²) in [7, 11) is -3.60. The predicted molar refractivity (Wildman–Crippen MR) is 69.2 cm³/mol. The SMILES string of the molecule is CC1(NS(=O)(=O)c2cccnc2NN)CCCC1. The molecule has 1 fully saturated rings. The topological polar surface area (TPSA) is 97.1 Å². The summed E-state index contributed by atoms with van der Waals surface area (Å²) in [5, 5.41) is 0. The normalized spacial score (nSPS) is 18.8. The van der Waals surface area contributed by atoms with Gasteiger partial charge in [0, 0.05) is 11.7 Å². The fourth-order valence-electron chi connectivity index (χ4n) is 2.35. The number of anilines is 1. The smallest absolute Gasteiger partial charge is 0.244 e. The van der Waals surface area contributed by atoms with Gasteiger partial charge in [-0.2, -0.15) is 0 Å². The summed E-state index contributed by atoms with van der Waals surface area (Å²) in [4.78, 5) is 3.99. The van der Waals surface area contributed by atoms with Gasteiger partial charge in [-0.15, -0.1) is 0 Å². The van der Waals surface area contributed by atoms with Crippen LogP contribution in [0.25, 0.3) is 0 Å². The summed E-state index contributed by atoms with van der Waals surface area (Å²) in [6.07, 6.45) is 5.31. The van der Waals surface area contributed by atoms with E-state index in [1.165, 1.54) is 12.3 Å². The van der Waals surface area contributed by atoms with Crippen molar-refractivity contribution in [3.8, 4) is 0 Å². The van der Waals surface area contributed by atoms with Crippen LogP contribution in [0, 0.1) is 0 Å². The second-order valence-electron chi connectivity index (χ2n) is 4.87. The van der Waals surface area contributed by atoms with Crippen molar-refractivity contribution in [3.63, 3.8) is 0 Å². The number of hydrazine groups is 1. The van der Waals surface area contributed by atoms with Crippen molar-refractivity contribution in [2.45, 2.75) is 43.0 Å². The molecule has 1 aliphatic rings. The molecule has 1 saturated carbocycles. The molecule has 100 valence electrons. The average Bonchev–Trinajstić information content (AvgIpc) is 2.74. The van der Waals surface area contributed by atoms with Crippen LogP contribution in [0.3, 0.4) is 0 Å². The van der Waals surface area contributed by atoms with Crippen LogP contribution in [-0.4, -0.2) is 18.9 Å². The van der Waals surface area contributed by atoms with E-state index in [4.69, 9.17) is 5.84 Å². The lowest BCUT2D eigenvalue weighted by Gasteiger charge is -2.25. The van der Waals surface area contributed by atoms with Crippen LogP contribution in [0.5, 0.6) is 0 Å². The zero-order chi connectivity index (χ0) is 13.2. The van der Waals surface area contributed by atoms with Crippen molar-refractivity contribution in [1.82, 2.24) is 9.71 Å². The molecule has 0 aromatic carbocycles. The molecule has 2 rings (SSSR count). The summed E-state index contributed by atoms with van der Waals surface area (Å²) in [6.45, 7) is 1.93. The molecule has 0 bridgehead atoms. The van der Waals surface area contributed by atoms with Gasteiger partial charge in [-0.25, -0.2) is 24.0 Å². The third-order valence-corrected chi connectivity index (χ3v) is 4.95. The van der Waals surface area contributed by atoms with Crippen molar-refractivity contribution < 1.29 is 8.42 Å². The highest BCUT2D eigenvalue weighted by atomic mass is 32.2. The third kappa shape index (κ3) is 2.63. The predicted octanol–water partition coefficient (Wildman–Crippen LogP) is 0.978. The van der Waals surface area contributed by atoms with Gasteiger partial charge in [-0.3, -0.25) is 0 Å². The molecule has 0 radical (unpaired) electrons. The highest BCUT2D eigenvalue weighted by Gasteiger charge is 2.34. The Hall–Kier alpha value is -1.18. The van der Waals surface area contributed by atoms with Gasteiger partial charge >= 0.3 is 0 Å². The van der Waals surface area contributed by atoms with E-state index < -0.39 is 10.0 Å². The van der Waals surface area contributed by atoms with E-state index in [0.717, 1.165) is 25.7 Å². The molecule has 4 N–H and O–H groups in total. The molecule has 6 nitrogen and oxygen atoms in total. The van der Waals surface area contributed by atoms with Gasteiger partial charge < -0.3 is 5.43 Å². The van der Waals surface area contributed by atoms with Crippen LogP contribution in [0.2, 0.25) is 0 Å². The number of nitrogens with zero attached hydrogens (tertiary/aromatic N) is 1. The van der Waals surface area contributed by atoms with Gasteiger partial charge in [0.1, 0.15) is 4.90 Å². The van der Waals surface area contributed by atoms with Crippen LogP contribution in [0.1, 0.15) is 32.6 Å². The van der Waals surface area contributed by atoms with Gasteiger partial charge in [0.15, 0.2) is 5.82 Å². The number of aromatic nitrogens is 1. The zero-order valence-corrected chi connectivity index (χ0v) is 11.1. The molecule has 1 heterocycles. The molecular weight excluding hydrogens is 252 g/mol. The zero-order valence-electron chi connectivity index (χ0n) is 10.3. The number of sulfonamides is 1. The quantitative estimate of drug-likeness (QED) is 0.559. The Labute approximate surface area is 107 Å². The third-order valence-electron chi connectivity index (χ3n) is 3.28. The standard InChI is InChI=1S/C11H18N4O2S/c1-11(6-2-3-7-11)15-18(16,17)9-5-4-8-13-10(9)14-12/h4-5,8,15H,2-3,6-7,12H2,1H3,(H,13,14). The van der Waals surface area contributed by atoms with Crippen LogP contribution in [0.4, 0.5) is 5.82 Å². The van der Waals surface area contributed by atoms with Crippen LogP contribution in [-0.2, 0) is 10.0 Å². The van der Waals surface area contributed by atoms with Crippen molar-refractivity contribution in [3.05, 3.63) is 18.3 Å². The van der Waals surface area contributed by atoms with Gasteiger partial charge in [-0.05, 0) is 31.9 Å². The monoisotopic (exact) mass is 270 g/mol. The first-order valence-corrected chi connectivity index (χ1v) is 7.41. The Kier molecular flexibility index (Phi) is 3.56. The number of pyridine rings is 1. The van der Waals surface area contributed by atoms with Crippen LogP contribution >= 0.6 is 0 Å². The molecule has 1 aromatic heterocycles. The molecule has 0 aliphatic heterocycles. The summed E-state index contributed by atoms with van der Waals surface area (Å²) in [5.41, 5.74) is 1.95. The highest BCUT2D eigenvalue weighted by Crippen LogP contribution is 2.31. The Bertz CT molecular complexity index is 524. The molecule has 0 spiro atoms. The van der Waals surface area contributed by atoms with E-state index in [-0.39, 0.29) is 16.3 Å². The minimum atomic E-state index is -3.60. The molecule has 18 heavy (non-hydrogen) atoms. The molecule has 1 aromatic rings. The van der Waals surface area contributed by atoms with Crippen molar-refractivity contribution in [2.24, 2.45) is 5.84 Å². The van der Waals surface area contributed by atoms with Crippen LogP contribution < -0.4 is 16.0 Å². The average molecular weight is 270 g/mol. The minimum absolute atomic E-state index is 0.0839. The van der Waals surface area contributed by atoms with E-state index in [2.05, 4.69) is 15.1 Å². The molecule has 1 aliphatic carbocycles. The Morgan fingerprint density at radius 2 is 2.06 bits per heavy atom. The summed E-state index contributed by atoms with van der Waals surface area (Å²) in [5.74, 6) is 5.44. The first-order chi connectivity index (χ1) is 8.47. The maximum atomic E-state index is 12.3. The molecule has 0 amide bonds. The number of rotatable bonds is 4. The Morgan fingerprint density at radius 1 is 1.39 bits per heavy atom. The largest absolute Gasteiger partial charge is 0.307 e. The maximum absolute atomic E-state index is 12.3. The van der Waals surface area contributed by atoms with Crippen molar-refractivity contribution in [2.75, 3.05) is 5.43 Å². The molecule has 0 unspecified atom stereocenters. The summed E-state index contributed by atoms with van der Waals surface area (Å²) in [6, 6.07) is 3.06. The van der Waals surface area contributed by atoms with E-state index in [1.807, 2.05) is 6.92 Å². The lowest BCUT2D eigenvalue weighted by atomic mass is 10.0. The molecule has 0 atom stereocenters. The maximum Gasteiger partial charge on any atom is 0.244 e. The molecule has 0 saturated heterocycles. The molecular formula is C11H18N4O2S. The van der Waals surface area contributed by atoms with Gasteiger partial charge in [0.05, 0.1) is 0 Å². The van der Waals surface area contributed by atoms with Crippen molar-refractivity contribution >= 4 is 15.8 Å². The summed E-state index contributed by atoms with van der Waals surface area (Å²) >= 11 is 0. The van der Waals surface area contributed by atoms with E-state index >= 15 is 0 Å². The van der Waals surface area contributed by atoms with E-state index in [0.29, 0.717) is 0 Å². The second kappa shape index (κ2) is 4.83. The Morgan fingerprint density at radius 3 is 2.67 bits per heavy atom. The fourth-order valence-corrected chi connectivity index (χ4v) is 3.94. The molecule has 7 heteroatoms. The fraction of sp³-hybridized carbons (Fsp3) is 0.545. The highest BCUT2D eigenvalue weighted by molar-refractivity contribution is 7.89. The van der Waals surface area contributed by atoms with Gasteiger partial charge in [-0.1, -0.05) is 12.8 Å². The Balaban J connectivity index is 2.30. The number of hydrogen-bond acceptors (Lipinski definition) is 5. The van der Waals surface area contributed by atoms with Crippen molar-refractivity contribution in [1.29, 1.82) is 0 Å². The number of nitrogens with one attached hydrogen (secondary N) is 2. The minimum Gasteiger partial charge on any atom is -0.307 e. The second-order valence-corrected chi connectivity index (χ2v) is 6.52. The number of nitrogens with two attached hydrogens (primary N) is 1. The van der Waals surface area contributed by atoms with E-state index in [9.17, 15) is 8.42 Å². The van der Waals surface area contributed by atoms with Crippen LogP contribution in [0.15, 0.2) is 23.2 Å². The number of hydrogen-bond donors (Lipinski definition) is 3. The lowest BCUT2D eigenvalue weighted by Crippen LogP contribution is -2.43. The lowest BCUT2D eigenvalue weighted by molar-refractivity contribution is 0.427. The number of nitrogen functional groups attached to an aromatic ring is 1. The van der Waals surface area contributed by atoms with Gasteiger partial charge in [0.2, 0.25) is 10.0 Å². The first-order valence-electron chi connectivity index (χ1n) is 5.92. The van der Waals surface area contributed by atoms with E-state index in [1.54, 1.807) is 6.07 Å².